The molecule has 0 aliphatic heterocycles. The monoisotopic (exact) mass is 347 g/mol. The summed E-state index contributed by atoms with van der Waals surface area (Å²) in [6, 6.07) is 10.7. The highest BCUT2D eigenvalue weighted by molar-refractivity contribution is 7.11. The maximum atomic E-state index is 12.1. The van der Waals surface area contributed by atoms with Crippen LogP contribution in [0.4, 0.5) is 0 Å². The van der Waals surface area contributed by atoms with Crippen LogP contribution in [0.2, 0.25) is 5.02 Å². The number of halogens is 1. The second kappa shape index (κ2) is 6.93. The zero-order valence-electron chi connectivity index (χ0n) is 12.4. The molecule has 3 aromatic rings. The third-order valence-electron chi connectivity index (χ3n) is 3.16. The van der Waals surface area contributed by atoms with Crippen LogP contribution in [0, 0.1) is 6.92 Å². The average molecular weight is 348 g/mol. The van der Waals surface area contributed by atoms with Gasteiger partial charge in [0.2, 0.25) is 0 Å². The topological polar surface area (TPSA) is 68.0 Å². The van der Waals surface area contributed by atoms with E-state index in [1.807, 2.05) is 25.1 Å². The summed E-state index contributed by atoms with van der Waals surface area (Å²) in [6.07, 6.45) is 0.648. The van der Waals surface area contributed by atoms with Crippen molar-refractivity contribution in [3.8, 4) is 11.3 Å². The van der Waals surface area contributed by atoms with E-state index in [-0.39, 0.29) is 11.7 Å². The lowest BCUT2D eigenvalue weighted by Gasteiger charge is -2.02. The van der Waals surface area contributed by atoms with Gasteiger partial charge in [0.15, 0.2) is 5.76 Å². The van der Waals surface area contributed by atoms with Crippen molar-refractivity contribution in [2.24, 2.45) is 0 Å². The fourth-order valence-electron chi connectivity index (χ4n) is 2.07. The molecule has 0 fully saturated rings. The largest absolute Gasteiger partial charge is 0.451 e. The van der Waals surface area contributed by atoms with E-state index in [1.165, 1.54) is 11.3 Å². The molecule has 23 heavy (non-hydrogen) atoms. The number of hydrogen-bond acceptors (Lipinski definition) is 5. The number of carbonyl (C=O) groups excluding carboxylic acids is 1. The zero-order chi connectivity index (χ0) is 16.2. The molecule has 0 spiro atoms. The van der Waals surface area contributed by atoms with E-state index >= 15 is 0 Å². The molecule has 7 heteroatoms. The van der Waals surface area contributed by atoms with Gasteiger partial charge in [0.05, 0.1) is 5.02 Å². The number of nitrogens with one attached hydrogen (secondary N) is 1. The molecule has 1 aromatic carbocycles. The third kappa shape index (κ3) is 3.78. The molecule has 0 unspecified atom stereocenters. The Morgan fingerprint density at radius 3 is 2.83 bits per heavy atom. The Hall–Kier alpha value is -2.18. The van der Waals surface area contributed by atoms with Crippen LogP contribution < -0.4 is 5.32 Å². The summed E-state index contributed by atoms with van der Waals surface area (Å²) in [5.41, 5.74) is 0.762. The van der Waals surface area contributed by atoms with Gasteiger partial charge in [-0.05, 0) is 31.2 Å². The lowest BCUT2D eigenvalue weighted by atomic mass is 10.2. The van der Waals surface area contributed by atoms with E-state index in [0.717, 1.165) is 15.6 Å². The Labute approximate surface area is 142 Å². The Kier molecular flexibility index (Phi) is 4.73. The van der Waals surface area contributed by atoms with Crippen LogP contribution in [0.25, 0.3) is 11.3 Å². The molecule has 118 valence electrons. The highest BCUT2D eigenvalue weighted by atomic mass is 35.5. The molecule has 0 atom stereocenters. The Bertz CT molecular complexity index is 828. The summed E-state index contributed by atoms with van der Waals surface area (Å²) in [4.78, 5) is 12.1. The number of aromatic nitrogens is 2. The lowest BCUT2D eigenvalue weighted by molar-refractivity contribution is 0.0927. The molecular weight excluding hydrogens is 334 g/mol. The first kappa shape index (κ1) is 15.7. The molecule has 2 heterocycles. The van der Waals surface area contributed by atoms with Crippen LogP contribution in [0.1, 0.15) is 20.6 Å². The van der Waals surface area contributed by atoms with Crippen molar-refractivity contribution in [3.05, 3.63) is 57.2 Å². The Morgan fingerprint density at radius 1 is 1.26 bits per heavy atom. The molecule has 0 aliphatic rings. The van der Waals surface area contributed by atoms with Gasteiger partial charge < -0.3 is 9.73 Å². The summed E-state index contributed by atoms with van der Waals surface area (Å²) in [5, 5.41) is 13.2. The SMILES string of the molecule is Cc1nnc(CCNC(=O)c2ccc(-c3ccccc3Cl)o2)s1. The number of nitrogens with zero attached hydrogens (tertiary/aromatic N) is 2. The van der Waals surface area contributed by atoms with Crippen molar-refractivity contribution in [1.82, 2.24) is 15.5 Å². The number of benzene rings is 1. The Balaban J connectivity index is 1.61. The summed E-state index contributed by atoms with van der Waals surface area (Å²) >= 11 is 7.66. The normalized spacial score (nSPS) is 10.7. The van der Waals surface area contributed by atoms with Crippen molar-refractivity contribution < 1.29 is 9.21 Å². The predicted molar refractivity (Wildman–Crippen MR) is 89.8 cm³/mol. The molecule has 2 aromatic heterocycles. The van der Waals surface area contributed by atoms with Crippen LogP contribution >= 0.6 is 22.9 Å². The van der Waals surface area contributed by atoms with E-state index in [0.29, 0.717) is 23.7 Å². The molecule has 5 nitrogen and oxygen atoms in total. The third-order valence-corrected chi connectivity index (χ3v) is 4.39. The van der Waals surface area contributed by atoms with Crippen molar-refractivity contribution in [2.75, 3.05) is 6.54 Å². The second-order valence-corrected chi connectivity index (χ2v) is 6.54. The van der Waals surface area contributed by atoms with E-state index in [9.17, 15) is 4.79 Å². The number of rotatable bonds is 5. The van der Waals surface area contributed by atoms with Gasteiger partial charge in [0.25, 0.3) is 5.91 Å². The lowest BCUT2D eigenvalue weighted by Crippen LogP contribution is -2.25. The number of furan rings is 1. The Morgan fingerprint density at radius 2 is 2.09 bits per heavy atom. The number of amides is 1. The zero-order valence-corrected chi connectivity index (χ0v) is 13.9. The summed E-state index contributed by atoms with van der Waals surface area (Å²) < 4.78 is 5.60. The van der Waals surface area contributed by atoms with Gasteiger partial charge in [-0.15, -0.1) is 21.5 Å². The summed E-state index contributed by atoms with van der Waals surface area (Å²) in [7, 11) is 0. The fourth-order valence-corrected chi connectivity index (χ4v) is 3.01. The van der Waals surface area contributed by atoms with E-state index in [4.69, 9.17) is 16.0 Å². The fraction of sp³-hybridized carbons (Fsp3) is 0.188. The smallest absolute Gasteiger partial charge is 0.287 e. The summed E-state index contributed by atoms with van der Waals surface area (Å²) in [6.45, 7) is 2.38. The van der Waals surface area contributed by atoms with Gasteiger partial charge in [0, 0.05) is 18.5 Å². The molecule has 0 radical (unpaired) electrons. The van der Waals surface area contributed by atoms with Gasteiger partial charge in [-0.3, -0.25) is 4.79 Å². The van der Waals surface area contributed by atoms with E-state index in [2.05, 4.69) is 15.5 Å². The van der Waals surface area contributed by atoms with Crippen LogP contribution in [-0.2, 0) is 6.42 Å². The van der Waals surface area contributed by atoms with Crippen molar-refractivity contribution >= 4 is 28.8 Å². The first-order valence-corrected chi connectivity index (χ1v) is 8.25. The van der Waals surface area contributed by atoms with Crippen molar-refractivity contribution in [3.63, 3.8) is 0 Å². The average Bonchev–Trinajstić information content (AvgIpc) is 3.17. The highest BCUT2D eigenvalue weighted by Crippen LogP contribution is 2.28. The van der Waals surface area contributed by atoms with Crippen LogP contribution in [0.3, 0.4) is 0 Å². The molecular formula is C16H14ClN3O2S. The molecule has 0 aliphatic carbocycles. The number of aryl methyl sites for hydroxylation is 1. The number of hydrogen-bond donors (Lipinski definition) is 1. The first-order chi connectivity index (χ1) is 11.1. The molecule has 3 rings (SSSR count). The standard InChI is InChI=1S/C16H14ClN3O2S/c1-10-19-20-15(23-10)8-9-18-16(21)14-7-6-13(22-14)11-4-2-3-5-12(11)17/h2-7H,8-9H2,1H3,(H,18,21). The molecule has 1 N–H and O–H groups in total. The summed E-state index contributed by atoms with van der Waals surface area (Å²) in [5.74, 6) is 0.568. The van der Waals surface area contributed by atoms with Gasteiger partial charge >= 0.3 is 0 Å². The van der Waals surface area contributed by atoms with Gasteiger partial charge in [-0.1, -0.05) is 23.7 Å². The molecule has 0 saturated carbocycles. The first-order valence-electron chi connectivity index (χ1n) is 7.05. The van der Waals surface area contributed by atoms with Crippen molar-refractivity contribution in [2.45, 2.75) is 13.3 Å². The second-order valence-electron chi connectivity index (χ2n) is 4.86. The van der Waals surface area contributed by atoms with Gasteiger partial charge in [-0.25, -0.2) is 0 Å². The molecule has 0 bridgehead atoms. The minimum atomic E-state index is -0.260. The van der Waals surface area contributed by atoms with Crippen molar-refractivity contribution in [1.29, 1.82) is 0 Å². The molecule has 0 saturated heterocycles. The minimum Gasteiger partial charge on any atom is -0.451 e. The van der Waals surface area contributed by atoms with Crippen LogP contribution in [0.5, 0.6) is 0 Å². The predicted octanol–water partition coefficient (Wildman–Crippen LogP) is 3.73. The van der Waals surface area contributed by atoms with Gasteiger partial charge in [0.1, 0.15) is 15.8 Å². The maximum absolute atomic E-state index is 12.1. The van der Waals surface area contributed by atoms with E-state index in [1.54, 1.807) is 18.2 Å². The number of carbonyl (C=O) groups is 1. The van der Waals surface area contributed by atoms with Crippen LogP contribution in [0.15, 0.2) is 40.8 Å². The minimum absolute atomic E-state index is 0.258. The highest BCUT2D eigenvalue weighted by Gasteiger charge is 2.13. The van der Waals surface area contributed by atoms with E-state index < -0.39 is 0 Å². The quantitative estimate of drug-likeness (QED) is 0.763. The van der Waals surface area contributed by atoms with Crippen LogP contribution in [-0.4, -0.2) is 22.6 Å². The van der Waals surface area contributed by atoms with Gasteiger partial charge in [-0.2, -0.15) is 0 Å². The molecule has 1 amide bonds. The maximum Gasteiger partial charge on any atom is 0.287 e.